The number of aliphatic imine (C=N–C) groups is 1. The first-order chi connectivity index (χ1) is 11.9. The maximum atomic E-state index is 12.5. The SMILES string of the molecule is CCNC(=NCCS(=O)(=O)N1CCSCC1)N1CCSC(C(C)C)C1. The Kier molecular flexibility index (Phi) is 8.71. The topological polar surface area (TPSA) is 65.0 Å². The zero-order valence-electron chi connectivity index (χ0n) is 15.6. The summed E-state index contributed by atoms with van der Waals surface area (Å²) < 4.78 is 26.5. The highest BCUT2D eigenvalue weighted by Crippen LogP contribution is 2.24. The van der Waals surface area contributed by atoms with Gasteiger partial charge in [0.15, 0.2) is 5.96 Å². The highest BCUT2D eigenvalue weighted by Gasteiger charge is 2.26. The van der Waals surface area contributed by atoms with Crippen molar-refractivity contribution in [2.45, 2.75) is 26.0 Å². The van der Waals surface area contributed by atoms with Crippen LogP contribution in [0.15, 0.2) is 4.99 Å². The normalized spacial score (nSPS) is 23.9. The Morgan fingerprint density at radius 2 is 1.96 bits per heavy atom. The molecule has 1 atom stereocenters. The number of thioether (sulfide) groups is 2. The number of guanidine groups is 1. The van der Waals surface area contributed by atoms with Crippen molar-refractivity contribution in [2.24, 2.45) is 10.9 Å². The van der Waals surface area contributed by atoms with Crippen LogP contribution in [0.4, 0.5) is 0 Å². The Hall–Kier alpha value is -0.120. The molecule has 2 aliphatic rings. The summed E-state index contributed by atoms with van der Waals surface area (Å²) >= 11 is 3.85. The monoisotopic (exact) mass is 408 g/mol. The van der Waals surface area contributed by atoms with E-state index in [0.717, 1.165) is 42.9 Å². The van der Waals surface area contributed by atoms with Gasteiger partial charge in [-0.3, -0.25) is 4.99 Å². The van der Waals surface area contributed by atoms with Crippen LogP contribution in [0.2, 0.25) is 0 Å². The van der Waals surface area contributed by atoms with Crippen LogP contribution < -0.4 is 5.32 Å². The lowest BCUT2D eigenvalue weighted by molar-refractivity contribution is 0.381. The molecule has 9 heteroatoms. The predicted molar refractivity (Wildman–Crippen MR) is 111 cm³/mol. The minimum Gasteiger partial charge on any atom is -0.357 e. The summed E-state index contributed by atoms with van der Waals surface area (Å²) in [6.07, 6.45) is 0. The molecule has 0 radical (unpaired) electrons. The highest BCUT2D eigenvalue weighted by atomic mass is 32.2. The molecular formula is C16H32N4O2S3. The Bertz CT molecular complexity index is 533. The Balaban J connectivity index is 1.94. The summed E-state index contributed by atoms with van der Waals surface area (Å²) in [5.41, 5.74) is 0. The first-order valence-corrected chi connectivity index (χ1v) is 13.0. The lowest BCUT2D eigenvalue weighted by Gasteiger charge is -2.36. The molecule has 1 unspecified atom stereocenters. The van der Waals surface area contributed by atoms with Gasteiger partial charge in [0.05, 0.1) is 12.3 Å². The fraction of sp³-hybridized carbons (Fsp3) is 0.938. The van der Waals surface area contributed by atoms with E-state index in [4.69, 9.17) is 0 Å². The van der Waals surface area contributed by atoms with E-state index in [1.54, 1.807) is 4.31 Å². The molecule has 2 rings (SSSR count). The maximum absolute atomic E-state index is 12.5. The van der Waals surface area contributed by atoms with Crippen molar-refractivity contribution < 1.29 is 8.42 Å². The number of nitrogens with one attached hydrogen (secondary N) is 1. The highest BCUT2D eigenvalue weighted by molar-refractivity contribution is 8.00. The van der Waals surface area contributed by atoms with Crippen molar-refractivity contribution in [1.82, 2.24) is 14.5 Å². The van der Waals surface area contributed by atoms with Crippen molar-refractivity contribution in [3.05, 3.63) is 0 Å². The second-order valence-electron chi connectivity index (χ2n) is 6.66. The molecule has 2 saturated heterocycles. The zero-order valence-corrected chi connectivity index (χ0v) is 18.1. The smallest absolute Gasteiger partial charge is 0.215 e. The Morgan fingerprint density at radius 3 is 2.60 bits per heavy atom. The third kappa shape index (κ3) is 6.52. The molecule has 0 spiro atoms. The van der Waals surface area contributed by atoms with Crippen LogP contribution in [-0.4, -0.2) is 91.1 Å². The van der Waals surface area contributed by atoms with Gasteiger partial charge in [-0.15, -0.1) is 0 Å². The summed E-state index contributed by atoms with van der Waals surface area (Å²) in [5, 5.41) is 3.94. The van der Waals surface area contributed by atoms with Crippen LogP contribution in [0.3, 0.4) is 0 Å². The number of sulfonamides is 1. The van der Waals surface area contributed by atoms with E-state index in [1.807, 2.05) is 23.5 Å². The average molecular weight is 409 g/mol. The lowest BCUT2D eigenvalue weighted by Crippen LogP contribution is -2.49. The summed E-state index contributed by atoms with van der Waals surface area (Å²) in [6, 6.07) is 0. The van der Waals surface area contributed by atoms with E-state index in [-0.39, 0.29) is 5.75 Å². The minimum absolute atomic E-state index is 0.1000. The van der Waals surface area contributed by atoms with Crippen molar-refractivity contribution >= 4 is 39.5 Å². The Labute approximate surface area is 161 Å². The molecule has 0 aromatic carbocycles. The van der Waals surface area contributed by atoms with Gasteiger partial charge in [0.1, 0.15) is 0 Å². The molecule has 2 aliphatic heterocycles. The molecular weight excluding hydrogens is 376 g/mol. The van der Waals surface area contributed by atoms with Crippen molar-refractivity contribution in [2.75, 3.05) is 62.3 Å². The third-order valence-corrected chi connectivity index (χ3v) is 8.78. The summed E-state index contributed by atoms with van der Waals surface area (Å²) in [7, 11) is -3.19. The number of hydrogen-bond donors (Lipinski definition) is 1. The molecule has 0 saturated carbocycles. The molecule has 6 nitrogen and oxygen atoms in total. The number of hydrogen-bond acceptors (Lipinski definition) is 5. The van der Waals surface area contributed by atoms with Crippen molar-refractivity contribution in [1.29, 1.82) is 0 Å². The standard InChI is InChI=1S/C16H32N4O2S3/c1-4-17-16(19-6-11-24-15(13-19)14(2)3)18-5-12-25(21,22)20-7-9-23-10-8-20/h14-15H,4-13H2,1-3H3,(H,17,18). The van der Waals surface area contributed by atoms with Crippen LogP contribution >= 0.6 is 23.5 Å². The molecule has 0 aliphatic carbocycles. The van der Waals surface area contributed by atoms with Crippen LogP contribution in [-0.2, 0) is 10.0 Å². The molecule has 0 bridgehead atoms. The van der Waals surface area contributed by atoms with E-state index in [0.29, 0.717) is 30.8 Å². The van der Waals surface area contributed by atoms with Crippen LogP contribution in [0.1, 0.15) is 20.8 Å². The van der Waals surface area contributed by atoms with Gasteiger partial charge in [-0.2, -0.15) is 23.5 Å². The third-order valence-electron chi connectivity index (χ3n) is 4.45. The van der Waals surface area contributed by atoms with E-state index < -0.39 is 10.0 Å². The van der Waals surface area contributed by atoms with E-state index in [1.165, 1.54) is 0 Å². The molecule has 146 valence electrons. The van der Waals surface area contributed by atoms with Gasteiger partial charge >= 0.3 is 0 Å². The van der Waals surface area contributed by atoms with Crippen LogP contribution in [0, 0.1) is 5.92 Å². The molecule has 2 heterocycles. The van der Waals surface area contributed by atoms with Gasteiger partial charge in [-0.05, 0) is 12.8 Å². The predicted octanol–water partition coefficient (Wildman–Crippen LogP) is 1.40. The van der Waals surface area contributed by atoms with Gasteiger partial charge in [0.25, 0.3) is 0 Å². The summed E-state index contributed by atoms with van der Waals surface area (Å²) in [5.74, 6) is 4.48. The quantitative estimate of drug-likeness (QED) is 0.529. The summed E-state index contributed by atoms with van der Waals surface area (Å²) in [4.78, 5) is 6.91. The second kappa shape index (κ2) is 10.3. The molecule has 1 N–H and O–H groups in total. The van der Waals surface area contributed by atoms with Gasteiger partial charge < -0.3 is 10.2 Å². The van der Waals surface area contributed by atoms with Gasteiger partial charge in [0, 0.05) is 55.2 Å². The second-order valence-corrected chi connectivity index (χ2v) is 11.3. The number of rotatable bonds is 6. The van der Waals surface area contributed by atoms with Gasteiger partial charge in [-0.1, -0.05) is 13.8 Å². The maximum Gasteiger partial charge on any atom is 0.215 e. The molecule has 0 aromatic rings. The first-order valence-electron chi connectivity index (χ1n) is 9.14. The van der Waals surface area contributed by atoms with Crippen LogP contribution in [0.5, 0.6) is 0 Å². The molecule has 0 amide bonds. The average Bonchev–Trinajstić information content (AvgIpc) is 2.62. The fourth-order valence-electron chi connectivity index (χ4n) is 2.92. The van der Waals surface area contributed by atoms with E-state index in [9.17, 15) is 8.42 Å². The Morgan fingerprint density at radius 1 is 1.24 bits per heavy atom. The molecule has 0 aromatic heterocycles. The lowest BCUT2D eigenvalue weighted by atomic mass is 10.1. The largest absolute Gasteiger partial charge is 0.357 e. The van der Waals surface area contributed by atoms with Gasteiger partial charge in [0.2, 0.25) is 10.0 Å². The van der Waals surface area contributed by atoms with Crippen LogP contribution in [0.25, 0.3) is 0 Å². The number of nitrogens with zero attached hydrogens (tertiary/aromatic N) is 3. The van der Waals surface area contributed by atoms with E-state index in [2.05, 4.69) is 36.0 Å². The fourth-order valence-corrected chi connectivity index (χ4v) is 6.67. The first kappa shape index (κ1) is 21.2. The molecule has 25 heavy (non-hydrogen) atoms. The van der Waals surface area contributed by atoms with E-state index >= 15 is 0 Å². The zero-order chi connectivity index (χ0) is 18.3. The minimum atomic E-state index is -3.19. The van der Waals surface area contributed by atoms with Crippen molar-refractivity contribution in [3.8, 4) is 0 Å². The van der Waals surface area contributed by atoms with Crippen molar-refractivity contribution in [3.63, 3.8) is 0 Å². The van der Waals surface area contributed by atoms with Gasteiger partial charge in [-0.25, -0.2) is 12.7 Å². The summed E-state index contributed by atoms with van der Waals surface area (Å²) in [6.45, 7) is 10.9. The molecule has 2 fully saturated rings.